The van der Waals surface area contributed by atoms with Gasteiger partial charge in [-0.1, -0.05) is 18.6 Å². The molecule has 132 valence electrons. The van der Waals surface area contributed by atoms with Gasteiger partial charge in [0.15, 0.2) is 9.84 Å². The molecule has 0 atom stereocenters. The zero-order valence-electron chi connectivity index (χ0n) is 13.8. The van der Waals surface area contributed by atoms with E-state index < -0.39 is 21.6 Å². The van der Waals surface area contributed by atoms with Gasteiger partial charge in [0, 0.05) is 5.56 Å². The summed E-state index contributed by atoms with van der Waals surface area (Å²) < 4.78 is 24.6. The number of fused-ring (bicyclic) bond motifs is 1. The lowest BCUT2D eigenvalue weighted by Crippen LogP contribution is -2.30. The van der Waals surface area contributed by atoms with Crippen LogP contribution in [0.15, 0.2) is 41.3 Å². The number of aromatic hydroxyl groups is 1. The maximum atomic E-state index is 13.0. The lowest BCUT2D eigenvalue weighted by molar-refractivity contribution is 0.0991. The van der Waals surface area contributed by atoms with Gasteiger partial charge in [0.25, 0.3) is 5.91 Å². The second kappa shape index (κ2) is 5.85. The van der Waals surface area contributed by atoms with Crippen LogP contribution >= 0.6 is 0 Å². The summed E-state index contributed by atoms with van der Waals surface area (Å²) in [5.41, 5.74) is 1.18. The highest BCUT2D eigenvalue weighted by Gasteiger charge is 2.36. The van der Waals surface area contributed by atoms with Gasteiger partial charge in [-0.15, -0.1) is 0 Å². The van der Waals surface area contributed by atoms with Crippen molar-refractivity contribution in [1.29, 1.82) is 5.26 Å². The third-order valence-corrected chi connectivity index (χ3v) is 6.70. The number of rotatable bonds is 2. The lowest BCUT2D eigenvalue weighted by atomic mass is 9.78. The minimum atomic E-state index is -3.56. The van der Waals surface area contributed by atoms with Gasteiger partial charge < -0.3 is 5.11 Å². The number of carbonyl (C=O) groups is 1. The minimum absolute atomic E-state index is 0.0353. The molecule has 0 unspecified atom stereocenters. The summed E-state index contributed by atoms with van der Waals surface area (Å²) in [5.74, 6) is -0.865. The first-order chi connectivity index (χ1) is 12.4. The zero-order chi connectivity index (χ0) is 18.5. The van der Waals surface area contributed by atoms with Crippen molar-refractivity contribution in [2.24, 2.45) is 0 Å². The molecule has 0 bridgehead atoms. The smallest absolute Gasteiger partial charge is 0.259 e. The predicted octanol–water partition coefficient (Wildman–Crippen LogP) is 2.92. The number of para-hydroxylation sites is 1. The van der Waals surface area contributed by atoms with E-state index in [1.165, 1.54) is 17.0 Å². The van der Waals surface area contributed by atoms with E-state index in [1.807, 2.05) is 6.07 Å². The third kappa shape index (κ3) is 2.45. The van der Waals surface area contributed by atoms with E-state index in [1.54, 1.807) is 24.3 Å². The summed E-state index contributed by atoms with van der Waals surface area (Å²) in [7, 11) is -3.56. The van der Waals surface area contributed by atoms with E-state index in [9.17, 15) is 23.6 Å². The second-order valence-electron chi connectivity index (χ2n) is 6.65. The van der Waals surface area contributed by atoms with E-state index in [-0.39, 0.29) is 27.7 Å². The normalized spacial score (nSPS) is 18.0. The molecule has 1 saturated carbocycles. The average molecular weight is 368 g/mol. The second-order valence-corrected chi connectivity index (χ2v) is 8.57. The van der Waals surface area contributed by atoms with Gasteiger partial charge in [-0.25, -0.2) is 8.42 Å². The molecule has 0 aromatic heterocycles. The largest absolute Gasteiger partial charge is 0.506 e. The van der Waals surface area contributed by atoms with Crippen LogP contribution in [0.2, 0.25) is 0 Å². The molecule has 1 fully saturated rings. The SMILES string of the molecule is N#Cc1cc(C(=O)N2CS(=O)(=O)c3ccccc32)cc(C2CCC2)c1O. The number of benzene rings is 2. The minimum Gasteiger partial charge on any atom is -0.506 e. The number of sulfone groups is 1. The van der Waals surface area contributed by atoms with Crippen LogP contribution in [-0.2, 0) is 9.84 Å². The monoisotopic (exact) mass is 368 g/mol. The van der Waals surface area contributed by atoms with E-state index >= 15 is 0 Å². The molecule has 6 nitrogen and oxygen atoms in total. The van der Waals surface area contributed by atoms with Crippen molar-refractivity contribution in [1.82, 2.24) is 0 Å². The first-order valence-electron chi connectivity index (χ1n) is 8.33. The van der Waals surface area contributed by atoms with Crippen LogP contribution < -0.4 is 4.90 Å². The maximum Gasteiger partial charge on any atom is 0.259 e. The molecule has 2 aromatic carbocycles. The molecule has 26 heavy (non-hydrogen) atoms. The van der Waals surface area contributed by atoms with Gasteiger partial charge in [-0.3, -0.25) is 9.69 Å². The summed E-state index contributed by atoms with van der Waals surface area (Å²) in [6, 6.07) is 11.2. The summed E-state index contributed by atoms with van der Waals surface area (Å²) >= 11 is 0. The Kier molecular flexibility index (Phi) is 3.74. The molecule has 1 heterocycles. The number of nitrogens with zero attached hydrogens (tertiary/aromatic N) is 2. The summed E-state index contributed by atoms with van der Waals surface area (Å²) in [6.07, 6.45) is 2.84. The van der Waals surface area contributed by atoms with E-state index in [0.29, 0.717) is 11.3 Å². The fraction of sp³-hybridized carbons (Fsp3) is 0.263. The van der Waals surface area contributed by atoms with Gasteiger partial charge in [0.2, 0.25) is 0 Å². The molecular weight excluding hydrogens is 352 g/mol. The summed E-state index contributed by atoms with van der Waals surface area (Å²) in [6.45, 7) is 0. The number of carbonyl (C=O) groups excluding carboxylic acids is 1. The van der Waals surface area contributed by atoms with Gasteiger partial charge in [0.05, 0.1) is 16.1 Å². The quantitative estimate of drug-likeness (QED) is 0.879. The molecule has 4 rings (SSSR count). The topological polar surface area (TPSA) is 98.5 Å². The Bertz CT molecular complexity index is 1070. The Morgan fingerprint density at radius 3 is 2.62 bits per heavy atom. The summed E-state index contributed by atoms with van der Waals surface area (Å²) in [4.78, 5) is 14.4. The van der Waals surface area contributed by atoms with Gasteiger partial charge in [0.1, 0.15) is 17.7 Å². The van der Waals surface area contributed by atoms with Crippen LogP contribution in [0.5, 0.6) is 5.75 Å². The van der Waals surface area contributed by atoms with Crippen molar-refractivity contribution in [2.75, 3.05) is 10.8 Å². The first kappa shape index (κ1) is 16.6. The van der Waals surface area contributed by atoms with Crippen molar-refractivity contribution in [2.45, 2.75) is 30.1 Å². The third-order valence-electron chi connectivity index (χ3n) is 5.09. The predicted molar refractivity (Wildman–Crippen MR) is 94.7 cm³/mol. The van der Waals surface area contributed by atoms with Crippen molar-refractivity contribution in [3.8, 4) is 11.8 Å². The molecule has 7 heteroatoms. The molecule has 1 aliphatic heterocycles. The van der Waals surface area contributed by atoms with E-state index in [2.05, 4.69) is 0 Å². The molecule has 1 amide bonds. The molecule has 0 saturated heterocycles. The van der Waals surface area contributed by atoms with Gasteiger partial charge in [-0.05, 0) is 48.6 Å². The summed E-state index contributed by atoms with van der Waals surface area (Å²) in [5, 5.41) is 19.6. The molecule has 0 spiro atoms. The van der Waals surface area contributed by atoms with Gasteiger partial charge >= 0.3 is 0 Å². The van der Waals surface area contributed by atoms with Crippen molar-refractivity contribution < 1.29 is 18.3 Å². The lowest BCUT2D eigenvalue weighted by Gasteiger charge is -2.27. The maximum absolute atomic E-state index is 13.0. The number of hydrogen-bond donors (Lipinski definition) is 1. The van der Waals surface area contributed by atoms with Crippen LogP contribution in [0.1, 0.15) is 46.7 Å². The van der Waals surface area contributed by atoms with Crippen LogP contribution in [0, 0.1) is 11.3 Å². The van der Waals surface area contributed by atoms with E-state index in [0.717, 1.165) is 19.3 Å². The molecule has 2 aromatic rings. The fourth-order valence-corrected chi connectivity index (χ4v) is 4.99. The highest BCUT2D eigenvalue weighted by atomic mass is 32.2. The Hall–Kier alpha value is -2.85. The number of anilines is 1. The molecule has 1 aliphatic carbocycles. The molecule has 1 N–H and O–H groups in total. The van der Waals surface area contributed by atoms with Crippen LogP contribution in [0.3, 0.4) is 0 Å². The van der Waals surface area contributed by atoms with Crippen LogP contribution in [0.4, 0.5) is 5.69 Å². The number of nitriles is 1. The highest BCUT2D eigenvalue weighted by Crippen LogP contribution is 2.42. The zero-order valence-corrected chi connectivity index (χ0v) is 14.7. The van der Waals surface area contributed by atoms with Crippen LogP contribution in [-0.4, -0.2) is 25.3 Å². The fourth-order valence-electron chi connectivity index (χ4n) is 3.47. The molecular formula is C19H16N2O4S. The number of phenols is 1. The number of amides is 1. The molecule has 2 aliphatic rings. The number of phenolic OH excluding ortho intramolecular Hbond substituents is 1. The Labute approximate surface area is 151 Å². The van der Waals surface area contributed by atoms with Gasteiger partial charge in [-0.2, -0.15) is 5.26 Å². The van der Waals surface area contributed by atoms with E-state index in [4.69, 9.17) is 0 Å². The van der Waals surface area contributed by atoms with Crippen molar-refractivity contribution in [3.63, 3.8) is 0 Å². The Balaban J connectivity index is 1.79. The Morgan fingerprint density at radius 2 is 1.96 bits per heavy atom. The van der Waals surface area contributed by atoms with Crippen molar-refractivity contribution >= 4 is 21.4 Å². The standard InChI is InChI=1S/C19H16N2O4S/c20-10-14-8-13(9-15(18(14)22)12-4-3-5-12)19(23)21-11-26(24,25)17-7-2-1-6-16(17)21/h1-2,6-9,12,22H,3-5,11H2. The van der Waals surface area contributed by atoms with Crippen LogP contribution in [0.25, 0.3) is 0 Å². The van der Waals surface area contributed by atoms with Crippen molar-refractivity contribution in [3.05, 3.63) is 53.1 Å². The molecule has 0 radical (unpaired) electrons. The highest BCUT2D eigenvalue weighted by molar-refractivity contribution is 7.92. The first-order valence-corrected chi connectivity index (χ1v) is 9.98. The Morgan fingerprint density at radius 1 is 1.23 bits per heavy atom. The average Bonchev–Trinajstić information content (AvgIpc) is 2.86. The number of hydrogen-bond acceptors (Lipinski definition) is 5.